The number of rotatable bonds is 4. The number of carbonyl (C=O) groups excluding carboxylic acids is 1. The van der Waals surface area contributed by atoms with E-state index in [1.807, 2.05) is 25.8 Å². The van der Waals surface area contributed by atoms with Crippen LogP contribution in [0.2, 0.25) is 0 Å². The molecule has 2 N–H and O–H groups in total. The lowest BCUT2D eigenvalue weighted by atomic mass is 9.85. The van der Waals surface area contributed by atoms with Gasteiger partial charge in [0.1, 0.15) is 0 Å². The third-order valence-corrected chi connectivity index (χ3v) is 3.56. The molecule has 0 aliphatic rings. The Kier molecular flexibility index (Phi) is 5.47. The van der Waals surface area contributed by atoms with Gasteiger partial charge in [0.15, 0.2) is 0 Å². The maximum atomic E-state index is 12.2. The zero-order valence-electron chi connectivity index (χ0n) is 11.9. The van der Waals surface area contributed by atoms with Gasteiger partial charge < -0.3 is 10.6 Å². The van der Waals surface area contributed by atoms with Gasteiger partial charge in [0.05, 0.1) is 5.92 Å². The molecule has 3 heteroatoms. The fraction of sp³-hybridized carbons (Fsp3) is 0.923. The normalized spacial score (nSPS) is 16.1. The summed E-state index contributed by atoms with van der Waals surface area (Å²) in [7, 11) is 1.88. The minimum absolute atomic E-state index is 0.0604. The van der Waals surface area contributed by atoms with E-state index in [0.29, 0.717) is 12.5 Å². The van der Waals surface area contributed by atoms with Crippen molar-refractivity contribution in [3.8, 4) is 0 Å². The third kappa shape index (κ3) is 3.78. The largest absolute Gasteiger partial charge is 0.342 e. The second-order valence-electron chi connectivity index (χ2n) is 6.08. The second kappa shape index (κ2) is 5.67. The van der Waals surface area contributed by atoms with Crippen LogP contribution in [0.5, 0.6) is 0 Å². The summed E-state index contributed by atoms with van der Waals surface area (Å²) in [5.74, 6) is 0.404. The van der Waals surface area contributed by atoms with Crippen molar-refractivity contribution in [1.82, 2.24) is 4.90 Å². The van der Waals surface area contributed by atoms with Gasteiger partial charge in [0.2, 0.25) is 5.91 Å². The first-order valence-corrected chi connectivity index (χ1v) is 6.09. The Bertz CT molecular complexity index is 231. The SMILES string of the molecule is CC(C)C(CN)C(=O)N(C)C(C)C(C)(C)C. The number of hydrogen-bond donors (Lipinski definition) is 1. The van der Waals surface area contributed by atoms with Crippen molar-refractivity contribution < 1.29 is 4.79 Å². The predicted octanol–water partition coefficient (Wildman–Crippen LogP) is 2.11. The van der Waals surface area contributed by atoms with Gasteiger partial charge in [-0.05, 0) is 18.3 Å². The van der Waals surface area contributed by atoms with Crippen molar-refractivity contribution in [2.45, 2.75) is 47.6 Å². The minimum Gasteiger partial charge on any atom is -0.342 e. The molecule has 0 aliphatic heterocycles. The van der Waals surface area contributed by atoms with Crippen molar-refractivity contribution in [1.29, 1.82) is 0 Å². The van der Waals surface area contributed by atoms with E-state index in [-0.39, 0.29) is 23.3 Å². The molecule has 0 rings (SSSR count). The van der Waals surface area contributed by atoms with Crippen LogP contribution in [0.4, 0.5) is 0 Å². The average molecular weight is 228 g/mol. The van der Waals surface area contributed by atoms with Gasteiger partial charge in [-0.3, -0.25) is 4.79 Å². The predicted molar refractivity (Wildman–Crippen MR) is 69.1 cm³/mol. The van der Waals surface area contributed by atoms with Gasteiger partial charge in [-0.1, -0.05) is 34.6 Å². The van der Waals surface area contributed by atoms with E-state index in [4.69, 9.17) is 5.73 Å². The first-order valence-electron chi connectivity index (χ1n) is 6.09. The van der Waals surface area contributed by atoms with Crippen LogP contribution in [0, 0.1) is 17.3 Å². The average Bonchev–Trinajstić information content (AvgIpc) is 2.14. The van der Waals surface area contributed by atoms with Gasteiger partial charge in [-0.2, -0.15) is 0 Å². The number of carbonyl (C=O) groups is 1. The fourth-order valence-electron chi connectivity index (χ4n) is 1.69. The minimum atomic E-state index is -0.0604. The Hall–Kier alpha value is -0.570. The van der Waals surface area contributed by atoms with Crippen molar-refractivity contribution in [3.05, 3.63) is 0 Å². The molecule has 0 bridgehead atoms. The maximum absolute atomic E-state index is 12.2. The second-order valence-corrected chi connectivity index (χ2v) is 6.08. The summed E-state index contributed by atoms with van der Waals surface area (Å²) in [5, 5.41) is 0. The van der Waals surface area contributed by atoms with E-state index in [0.717, 1.165) is 0 Å². The van der Waals surface area contributed by atoms with Crippen LogP contribution in [-0.2, 0) is 4.79 Å². The Balaban J connectivity index is 4.72. The molecular weight excluding hydrogens is 200 g/mol. The van der Waals surface area contributed by atoms with Crippen LogP contribution in [0.1, 0.15) is 41.5 Å². The molecule has 0 aromatic heterocycles. The Morgan fingerprint density at radius 1 is 1.25 bits per heavy atom. The summed E-state index contributed by atoms with van der Waals surface area (Å²) in [6.45, 7) is 13.1. The third-order valence-electron chi connectivity index (χ3n) is 3.56. The van der Waals surface area contributed by atoms with Gasteiger partial charge in [-0.15, -0.1) is 0 Å². The molecule has 2 atom stereocenters. The fourth-order valence-corrected chi connectivity index (χ4v) is 1.69. The number of nitrogens with zero attached hydrogens (tertiary/aromatic N) is 1. The molecule has 0 fully saturated rings. The van der Waals surface area contributed by atoms with E-state index in [1.165, 1.54) is 0 Å². The van der Waals surface area contributed by atoms with E-state index in [9.17, 15) is 4.79 Å². The van der Waals surface area contributed by atoms with E-state index in [2.05, 4.69) is 27.7 Å². The van der Waals surface area contributed by atoms with Crippen molar-refractivity contribution in [2.75, 3.05) is 13.6 Å². The van der Waals surface area contributed by atoms with Crippen LogP contribution in [0.3, 0.4) is 0 Å². The molecule has 0 saturated carbocycles. The van der Waals surface area contributed by atoms with Crippen LogP contribution < -0.4 is 5.73 Å². The summed E-state index contributed by atoms with van der Waals surface area (Å²) >= 11 is 0. The monoisotopic (exact) mass is 228 g/mol. The molecule has 3 nitrogen and oxygen atoms in total. The van der Waals surface area contributed by atoms with Crippen molar-refractivity contribution in [3.63, 3.8) is 0 Å². The first kappa shape index (κ1) is 15.4. The Labute approximate surface area is 100 Å². The highest BCUT2D eigenvalue weighted by Crippen LogP contribution is 2.25. The molecule has 0 heterocycles. The highest BCUT2D eigenvalue weighted by molar-refractivity contribution is 5.79. The van der Waals surface area contributed by atoms with Gasteiger partial charge in [0, 0.05) is 19.6 Å². The molecule has 1 amide bonds. The number of nitrogens with two attached hydrogens (primary N) is 1. The summed E-state index contributed by atoms with van der Waals surface area (Å²) in [6.07, 6.45) is 0. The molecule has 0 aromatic rings. The summed E-state index contributed by atoms with van der Waals surface area (Å²) in [5.41, 5.74) is 5.77. The summed E-state index contributed by atoms with van der Waals surface area (Å²) < 4.78 is 0. The standard InChI is InChI=1S/C13H28N2O/c1-9(2)11(8-14)12(16)15(7)10(3)13(4,5)6/h9-11H,8,14H2,1-7H3. The Morgan fingerprint density at radius 2 is 1.69 bits per heavy atom. The van der Waals surface area contributed by atoms with Gasteiger partial charge >= 0.3 is 0 Å². The van der Waals surface area contributed by atoms with Crippen LogP contribution >= 0.6 is 0 Å². The van der Waals surface area contributed by atoms with Crippen molar-refractivity contribution >= 4 is 5.91 Å². The zero-order valence-corrected chi connectivity index (χ0v) is 11.9. The number of amides is 1. The van der Waals surface area contributed by atoms with E-state index in [1.54, 1.807) is 0 Å². The Morgan fingerprint density at radius 3 is 1.94 bits per heavy atom. The molecule has 16 heavy (non-hydrogen) atoms. The quantitative estimate of drug-likeness (QED) is 0.801. The van der Waals surface area contributed by atoms with Crippen LogP contribution in [0.15, 0.2) is 0 Å². The van der Waals surface area contributed by atoms with E-state index >= 15 is 0 Å². The summed E-state index contributed by atoms with van der Waals surface area (Å²) in [4.78, 5) is 14.1. The topological polar surface area (TPSA) is 46.3 Å². The van der Waals surface area contributed by atoms with Crippen molar-refractivity contribution in [2.24, 2.45) is 23.0 Å². The van der Waals surface area contributed by atoms with Crippen LogP contribution in [-0.4, -0.2) is 30.4 Å². The highest BCUT2D eigenvalue weighted by Gasteiger charge is 2.31. The first-order chi connectivity index (χ1) is 7.12. The molecule has 0 radical (unpaired) electrons. The number of hydrogen-bond acceptors (Lipinski definition) is 2. The molecule has 0 spiro atoms. The molecule has 0 aliphatic carbocycles. The van der Waals surface area contributed by atoms with Gasteiger partial charge in [-0.25, -0.2) is 0 Å². The lowest BCUT2D eigenvalue weighted by Gasteiger charge is -2.37. The molecule has 0 aromatic carbocycles. The maximum Gasteiger partial charge on any atom is 0.227 e. The lowest BCUT2D eigenvalue weighted by molar-refractivity contribution is -0.139. The smallest absolute Gasteiger partial charge is 0.227 e. The summed E-state index contributed by atoms with van der Waals surface area (Å²) in [6, 6.07) is 0.216. The van der Waals surface area contributed by atoms with Gasteiger partial charge in [0.25, 0.3) is 0 Å². The molecule has 96 valence electrons. The molecular formula is C13H28N2O. The highest BCUT2D eigenvalue weighted by atomic mass is 16.2. The van der Waals surface area contributed by atoms with E-state index < -0.39 is 0 Å². The molecule has 0 saturated heterocycles. The lowest BCUT2D eigenvalue weighted by Crippen LogP contribution is -2.48. The molecule has 2 unspecified atom stereocenters. The zero-order chi connectivity index (χ0) is 13.1. The van der Waals surface area contributed by atoms with Crippen LogP contribution in [0.25, 0.3) is 0 Å².